The number of nitrogens with zero attached hydrogens (tertiary/aromatic N) is 2. The van der Waals surface area contributed by atoms with Gasteiger partial charge in [-0.15, -0.1) is 0 Å². The van der Waals surface area contributed by atoms with Gasteiger partial charge in [0.2, 0.25) is 0 Å². The molecule has 0 aliphatic rings. The van der Waals surface area contributed by atoms with E-state index in [1.807, 2.05) is 48.5 Å². The largest absolute Gasteiger partial charge is 0.399 e. The van der Waals surface area contributed by atoms with Crippen LogP contribution in [0.3, 0.4) is 0 Å². The summed E-state index contributed by atoms with van der Waals surface area (Å²) in [5.41, 5.74) is 9.63. The molecule has 1 aromatic heterocycles. The Morgan fingerprint density at radius 1 is 1.00 bits per heavy atom. The summed E-state index contributed by atoms with van der Waals surface area (Å²) in [4.78, 5) is 4.50. The lowest BCUT2D eigenvalue weighted by atomic mass is 10.1. The summed E-state index contributed by atoms with van der Waals surface area (Å²) in [5, 5.41) is 7.19. The van der Waals surface area contributed by atoms with Crippen LogP contribution in [-0.2, 0) is 0 Å². The van der Waals surface area contributed by atoms with E-state index in [-0.39, 0.29) is 0 Å². The van der Waals surface area contributed by atoms with Gasteiger partial charge in [-0.1, -0.05) is 42.0 Å². The molecule has 0 aliphatic heterocycles. The number of H-pyrrole nitrogens is 1. The molecule has 3 N–H and O–H groups in total. The van der Waals surface area contributed by atoms with Crippen molar-refractivity contribution in [3.05, 3.63) is 54.1 Å². The zero-order valence-corrected chi connectivity index (χ0v) is 10.6. The number of hydrogen-bond donors (Lipinski definition) is 2. The molecule has 0 bridgehead atoms. The number of aromatic nitrogens is 3. The zero-order chi connectivity index (χ0) is 13.2. The molecular weight excluding hydrogens is 236 g/mol. The number of anilines is 1. The van der Waals surface area contributed by atoms with Gasteiger partial charge in [-0.2, -0.15) is 5.10 Å². The van der Waals surface area contributed by atoms with E-state index in [1.165, 1.54) is 5.56 Å². The highest BCUT2D eigenvalue weighted by molar-refractivity contribution is 5.64. The molecule has 94 valence electrons. The van der Waals surface area contributed by atoms with Crippen molar-refractivity contribution >= 4 is 5.69 Å². The van der Waals surface area contributed by atoms with Gasteiger partial charge in [0.1, 0.15) is 0 Å². The van der Waals surface area contributed by atoms with Crippen LogP contribution in [-0.4, -0.2) is 15.2 Å². The highest BCUT2D eigenvalue weighted by Crippen LogP contribution is 2.21. The van der Waals surface area contributed by atoms with Crippen LogP contribution in [0.25, 0.3) is 22.8 Å². The minimum atomic E-state index is 0.692. The highest BCUT2D eigenvalue weighted by Gasteiger charge is 2.07. The monoisotopic (exact) mass is 250 g/mol. The van der Waals surface area contributed by atoms with E-state index in [0.717, 1.165) is 17.0 Å². The highest BCUT2D eigenvalue weighted by atomic mass is 15.2. The van der Waals surface area contributed by atoms with Crippen molar-refractivity contribution in [2.45, 2.75) is 6.92 Å². The molecule has 0 saturated heterocycles. The molecule has 2 aromatic carbocycles. The van der Waals surface area contributed by atoms with Crippen molar-refractivity contribution in [3.8, 4) is 22.8 Å². The van der Waals surface area contributed by atoms with Gasteiger partial charge in [0.25, 0.3) is 0 Å². The molecule has 0 atom stereocenters. The molecule has 1 heterocycles. The number of rotatable bonds is 2. The Morgan fingerprint density at radius 2 is 1.79 bits per heavy atom. The van der Waals surface area contributed by atoms with Gasteiger partial charge >= 0.3 is 0 Å². The molecule has 19 heavy (non-hydrogen) atoms. The maximum Gasteiger partial charge on any atom is 0.181 e. The Bertz CT molecular complexity index is 698. The Morgan fingerprint density at radius 3 is 2.53 bits per heavy atom. The lowest BCUT2D eigenvalue weighted by Gasteiger charge is -1.97. The van der Waals surface area contributed by atoms with E-state index in [2.05, 4.69) is 22.1 Å². The fourth-order valence-electron chi connectivity index (χ4n) is 1.91. The SMILES string of the molecule is Cc1ccc(-c2n[nH]c(-c3cccc(N)c3)n2)cc1. The van der Waals surface area contributed by atoms with Crippen LogP contribution in [0.1, 0.15) is 5.56 Å². The Hall–Kier alpha value is -2.62. The predicted octanol–water partition coefficient (Wildman–Crippen LogP) is 3.03. The Kier molecular flexibility index (Phi) is 2.76. The molecule has 3 rings (SSSR count). The average molecular weight is 250 g/mol. The van der Waals surface area contributed by atoms with Crippen molar-refractivity contribution in [3.63, 3.8) is 0 Å². The molecule has 3 aromatic rings. The summed E-state index contributed by atoms with van der Waals surface area (Å²) >= 11 is 0. The number of nitrogens with two attached hydrogens (primary N) is 1. The Balaban J connectivity index is 1.97. The normalized spacial score (nSPS) is 10.6. The van der Waals surface area contributed by atoms with Gasteiger partial charge < -0.3 is 5.73 Å². The molecule has 0 amide bonds. The van der Waals surface area contributed by atoms with E-state index >= 15 is 0 Å². The number of nitrogen functional groups attached to an aromatic ring is 1. The van der Waals surface area contributed by atoms with Crippen molar-refractivity contribution in [1.82, 2.24) is 15.2 Å². The minimum absolute atomic E-state index is 0.692. The van der Waals surface area contributed by atoms with E-state index in [1.54, 1.807) is 0 Å². The van der Waals surface area contributed by atoms with Gasteiger partial charge in [0.15, 0.2) is 11.6 Å². The lowest BCUT2D eigenvalue weighted by molar-refractivity contribution is 1.10. The predicted molar refractivity (Wildman–Crippen MR) is 76.4 cm³/mol. The molecule has 0 fully saturated rings. The zero-order valence-electron chi connectivity index (χ0n) is 10.6. The summed E-state index contributed by atoms with van der Waals surface area (Å²) < 4.78 is 0. The first-order chi connectivity index (χ1) is 9.22. The average Bonchev–Trinajstić information content (AvgIpc) is 2.89. The van der Waals surface area contributed by atoms with Crippen LogP contribution >= 0.6 is 0 Å². The number of hydrogen-bond acceptors (Lipinski definition) is 3. The fourth-order valence-corrected chi connectivity index (χ4v) is 1.91. The van der Waals surface area contributed by atoms with Crippen molar-refractivity contribution in [2.24, 2.45) is 0 Å². The van der Waals surface area contributed by atoms with E-state index in [4.69, 9.17) is 5.73 Å². The first kappa shape index (κ1) is 11.5. The van der Waals surface area contributed by atoms with Crippen LogP contribution in [0.4, 0.5) is 5.69 Å². The standard InChI is InChI=1S/C15H14N4/c1-10-5-7-11(8-6-10)14-17-15(19-18-14)12-3-2-4-13(16)9-12/h2-9H,16H2,1H3,(H,17,18,19). The number of nitrogens with one attached hydrogen (secondary N) is 1. The van der Waals surface area contributed by atoms with Crippen molar-refractivity contribution < 1.29 is 0 Å². The topological polar surface area (TPSA) is 67.6 Å². The summed E-state index contributed by atoms with van der Waals surface area (Å²) in [7, 11) is 0. The van der Waals surface area contributed by atoms with Crippen LogP contribution in [0.15, 0.2) is 48.5 Å². The summed E-state index contributed by atoms with van der Waals surface area (Å²) in [6.07, 6.45) is 0. The first-order valence-corrected chi connectivity index (χ1v) is 6.08. The molecule has 0 aliphatic carbocycles. The number of benzene rings is 2. The van der Waals surface area contributed by atoms with Crippen LogP contribution in [0.2, 0.25) is 0 Å². The fraction of sp³-hybridized carbons (Fsp3) is 0.0667. The second-order valence-electron chi connectivity index (χ2n) is 4.50. The summed E-state index contributed by atoms with van der Waals surface area (Å²) in [5.74, 6) is 1.42. The van der Waals surface area contributed by atoms with Crippen LogP contribution in [0.5, 0.6) is 0 Å². The number of aromatic amines is 1. The van der Waals surface area contributed by atoms with Crippen molar-refractivity contribution in [1.29, 1.82) is 0 Å². The van der Waals surface area contributed by atoms with E-state index < -0.39 is 0 Å². The minimum Gasteiger partial charge on any atom is -0.399 e. The molecular formula is C15H14N4. The second-order valence-corrected chi connectivity index (χ2v) is 4.50. The van der Waals surface area contributed by atoms with Crippen LogP contribution < -0.4 is 5.73 Å². The van der Waals surface area contributed by atoms with E-state index in [0.29, 0.717) is 11.5 Å². The molecule has 0 saturated carbocycles. The third-order valence-corrected chi connectivity index (χ3v) is 2.96. The molecule has 4 nitrogen and oxygen atoms in total. The van der Waals surface area contributed by atoms with Crippen LogP contribution in [0, 0.1) is 6.92 Å². The summed E-state index contributed by atoms with van der Waals surface area (Å²) in [6, 6.07) is 15.7. The van der Waals surface area contributed by atoms with E-state index in [9.17, 15) is 0 Å². The van der Waals surface area contributed by atoms with Gasteiger partial charge in [0, 0.05) is 16.8 Å². The first-order valence-electron chi connectivity index (χ1n) is 6.08. The molecule has 0 unspecified atom stereocenters. The molecule has 4 heteroatoms. The maximum atomic E-state index is 5.77. The third kappa shape index (κ3) is 2.33. The van der Waals surface area contributed by atoms with Gasteiger partial charge in [-0.3, -0.25) is 5.10 Å². The second kappa shape index (κ2) is 4.57. The quantitative estimate of drug-likeness (QED) is 0.687. The van der Waals surface area contributed by atoms with Gasteiger partial charge in [-0.25, -0.2) is 4.98 Å². The van der Waals surface area contributed by atoms with Crippen molar-refractivity contribution in [2.75, 3.05) is 5.73 Å². The number of aryl methyl sites for hydroxylation is 1. The smallest absolute Gasteiger partial charge is 0.181 e. The maximum absolute atomic E-state index is 5.77. The lowest BCUT2D eigenvalue weighted by Crippen LogP contribution is -1.86. The molecule has 0 radical (unpaired) electrons. The molecule has 0 spiro atoms. The van der Waals surface area contributed by atoms with Gasteiger partial charge in [-0.05, 0) is 19.1 Å². The van der Waals surface area contributed by atoms with Gasteiger partial charge in [0.05, 0.1) is 0 Å². The summed E-state index contributed by atoms with van der Waals surface area (Å²) in [6.45, 7) is 2.06. The Labute approximate surface area is 111 Å². The third-order valence-electron chi connectivity index (χ3n) is 2.96.